The van der Waals surface area contributed by atoms with Gasteiger partial charge in [0, 0.05) is 50.1 Å². The van der Waals surface area contributed by atoms with Crippen molar-refractivity contribution in [2.24, 2.45) is 0 Å². The molecule has 0 aliphatic carbocycles. The van der Waals surface area contributed by atoms with Gasteiger partial charge in [0.2, 0.25) is 5.91 Å². The monoisotopic (exact) mass is 582 g/mol. The van der Waals surface area contributed by atoms with Crippen molar-refractivity contribution in [3.05, 3.63) is 77.7 Å². The third-order valence-corrected chi connectivity index (χ3v) is 9.14. The van der Waals surface area contributed by atoms with Crippen molar-refractivity contribution in [1.29, 1.82) is 0 Å². The summed E-state index contributed by atoms with van der Waals surface area (Å²) in [6.45, 7) is 6.60. The third-order valence-electron chi connectivity index (χ3n) is 7.70. The topological polar surface area (TPSA) is 108 Å². The van der Waals surface area contributed by atoms with Gasteiger partial charge in [-0.1, -0.05) is 68.0 Å². The van der Waals surface area contributed by atoms with E-state index in [-0.39, 0.29) is 16.8 Å². The van der Waals surface area contributed by atoms with Crippen LogP contribution < -0.4 is 10.6 Å². The van der Waals surface area contributed by atoms with Gasteiger partial charge in [-0.2, -0.15) is 0 Å². The maximum absolute atomic E-state index is 13.6. The zero-order valence-corrected chi connectivity index (χ0v) is 24.6. The number of nitrogens with one attached hydrogen (secondary N) is 2. The number of benzene rings is 2. The lowest BCUT2D eigenvalue weighted by atomic mass is 10.0. The van der Waals surface area contributed by atoms with Gasteiger partial charge < -0.3 is 20.3 Å². The first-order chi connectivity index (χ1) is 19.9. The van der Waals surface area contributed by atoms with Crippen LogP contribution in [0.3, 0.4) is 0 Å². The molecule has 2 unspecified atom stereocenters. The smallest absolute Gasteiger partial charge is 0.318 e. The number of urea groups is 1. The van der Waals surface area contributed by atoms with E-state index >= 15 is 0 Å². The summed E-state index contributed by atoms with van der Waals surface area (Å²) in [7, 11) is -3.64. The largest absolute Gasteiger partial charge is 0.379 e. The van der Waals surface area contributed by atoms with Crippen molar-refractivity contribution in [3.8, 4) is 0 Å². The Kier molecular flexibility index (Phi) is 11.4. The Hall–Kier alpha value is -3.21. The predicted molar refractivity (Wildman–Crippen MR) is 159 cm³/mol. The quantitative estimate of drug-likeness (QED) is 0.421. The number of hydrogen-bond donors (Lipinski definition) is 2. The summed E-state index contributed by atoms with van der Waals surface area (Å²) in [6, 6.07) is 16.7. The third kappa shape index (κ3) is 9.14. The number of nitrogens with zero attached hydrogens (tertiary/aromatic N) is 2. The minimum atomic E-state index is -3.64. The van der Waals surface area contributed by atoms with E-state index in [0.717, 1.165) is 56.5 Å². The molecule has 2 saturated heterocycles. The summed E-state index contributed by atoms with van der Waals surface area (Å²) in [5, 5.41) is 7.11. The van der Waals surface area contributed by atoms with E-state index in [1.54, 1.807) is 35.2 Å². The highest BCUT2D eigenvalue weighted by Gasteiger charge is 2.30. The maximum Gasteiger partial charge on any atom is 0.318 e. The fraction of sp³-hybridized carbons (Fsp3) is 0.484. The van der Waals surface area contributed by atoms with Crippen LogP contribution in [0.2, 0.25) is 0 Å². The maximum atomic E-state index is 13.6. The zero-order valence-electron chi connectivity index (χ0n) is 23.8. The Balaban J connectivity index is 1.41. The molecule has 41 heavy (non-hydrogen) atoms. The van der Waals surface area contributed by atoms with Gasteiger partial charge >= 0.3 is 6.03 Å². The van der Waals surface area contributed by atoms with Crippen LogP contribution in [0.5, 0.6) is 0 Å². The number of piperidine rings is 1. The minimum absolute atomic E-state index is 0.199. The molecule has 0 spiro atoms. The Labute approximate surface area is 243 Å². The van der Waals surface area contributed by atoms with E-state index in [1.807, 2.05) is 37.3 Å². The van der Waals surface area contributed by atoms with Gasteiger partial charge in [-0.25, -0.2) is 13.2 Å². The van der Waals surface area contributed by atoms with Gasteiger partial charge in [0.25, 0.3) is 0 Å². The molecule has 0 aromatic heterocycles. The average Bonchev–Trinajstić information content (AvgIpc) is 3.01. The van der Waals surface area contributed by atoms with Crippen molar-refractivity contribution in [3.63, 3.8) is 0 Å². The van der Waals surface area contributed by atoms with Crippen molar-refractivity contribution in [1.82, 2.24) is 20.4 Å². The van der Waals surface area contributed by atoms with E-state index in [4.69, 9.17) is 4.74 Å². The van der Waals surface area contributed by atoms with Crippen LogP contribution in [-0.2, 0) is 25.8 Å². The summed E-state index contributed by atoms with van der Waals surface area (Å²) in [5.74, 6) is -0.342. The molecule has 2 N–H and O–H groups in total. The second kappa shape index (κ2) is 15.1. The lowest BCUT2D eigenvalue weighted by Crippen LogP contribution is -2.56. The van der Waals surface area contributed by atoms with Gasteiger partial charge in [-0.05, 0) is 37.0 Å². The molecular weight excluding hydrogens is 540 g/mol. The molecule has 0 bridgehead atoms. The predicted octanol–water partition coefficient (Wildman–Crippen LogP) is 3.38. The molecule has 2 aromatic carbocycles. The van der Waals surface area contributed by atoms with Crippen molar-refractivity contribution >= 4 is 21.8 Å². The molecule has 4 rings (SSSR count). The van der Waals surface area contributed by atoms with Crippen molar-refractivity contribution in [2.75, 3.05) is 39.4 Å². The molecule has 2 aromatic rings. The fourth-order valence-electron chi connectivity index (χ4n) is 5.37. The number of carbonyl (C=O) groups is 2. The van der Waals surface area contributed by atoms with Gasteiger partial charge in [0.15, 0.2) is 9.84 Å². The summed E-state index contributed by atoms with van der Waals surface area (Å²) in [5.41, 5.74) is 0.924. The number of amides is 3. The Morgan fingerprint density at radius 3 is 2.22 bits per heavy atom. The Bertz CT molecular complexity index is 1240. The van der Waals surface area contributed by atoms with E-state index in [0.29, 0.717) is 32.0 Å². The van der Waals surface area contributed by atoms with Crippen LogP contribution >= 0.6 is 0 Å². The van der Waals surface area contributed by atoms with Crippen LogP contribution in [0.25, 0.3) is 0 Å². The van der Waals surface area contributed by atoms with Crippen LogP contribution in [0, 0.1) is 0 Å². The molecule has 0 radical (unpaired) electrons. The fourth-order valence-corrected chi connectivity index (χ4v) is 6.46. The van der Waals surface area contributed by atoms with Gasteiger partial charge in [-0.15, -0.1) is 0 Å². The number of rotatable bonds is 11. The highest BCUT2D eigenvalue weighted by molar-refractivity contribution is 7.94. The molecule has 0 saturated carbocycles. The highest BCUT2D eigenvalue weighted by atomic mass is 32.2. The summed E-state index contributed by atoms with van der Waals surface area (Å²) in [4.78, 5) is 31.3. The standard InChI is InChI=1S/C31H42N4O5S/c1-2-9-26(16-23-41(38,39)28-12-7-4-8-13-28)32-30(36)29(24-25-10-5-3-6-11-25)33-31(37)35-17-14-27(15-18-35)34-19-21-40-22-20-34/h3-8,10-13,16,23,26-27,29H,2,9,14-15,17-22,24H2,1H3,(H,32,36)(H,33,37). The highest BCUT2D eigenvalue weighted by Crippen LogP contribution is 2.18. The number of carbonyl (C=O) groups excluding carboxylic acids is 2. The number of hydrogen-bond acceptors (Lipinski definition) is 6. The second-order valence-electron chi connectivity index (χ2n) is 10.6. The molecule has 2 aliphatic rings. The van der Waals surface area contributed by atoms with E-state index in [2.05, 4.69) is 15.5 Å². The van der Waals surface area contributed by atoms with Gasteiger partial charge in [-0.3, -0.25) is 9.69 Å². The van der Waals surface area contributed by atoms with Crippen LogP contribution in [0.15, 0.2) is 77.0 Å². The summed E-state index contributed by atoms with van der Waals surface area (Å²) >= 11 is 0. The molecule has 2 fully saturated rings. The molecule has 10 heteroatoms. The van der Waals surface area contributed by atoms with Crippen molar-refractivity contribution < 1.29 is 22.7 Å². The molecule has 222 valence electrons. The van der Waals surface area contributed by atoms with E-state index in [9.17, 15) is 18.0 Å². The minimum Gasteiger partial charge on any atom is -0.379 e. The summed E-state index contributed by atoms with van der Waals surface area (Å²) in [6.07, 6.45) is 4.95. The number of likely N-dealkylation sites (tertiary alicyclic amines) is 1. The van der Waals surface area contributed by atoms with E-state index < -0.39 is 21.9 Å². The number of morpholine rings is 1. The van der Waals surface area contributed by atoms with Gasteiger partial charge in [0.1, 0.15) is 6.04 Å². The van der Waals surface area contributed by atoms with E-state index in [1.165, 1.54) is 6.08 Å². The first-order valence-electron chi connectivity index (χ1n) is 14.6. The summed E-state index contributed by atoms with van der Waals surface area (Å²) < 4.78 is 31.0. The lowest BCUT2D eigenvalue weighted by molar-refractivity contribution is -0.123. The Morgan fingerprint density at radius 2 is 1.59 bits per heavy atom. The normalized spacial score (nSPS) is 18.6. The zero-order chi connectivity index (χ0) is 29.1. The van der Waals surface area contributed by atoms with Crippen LogP contribution in [-0.4, -0.2) is 87.7 Å². The molecule has 2 heterocycles. The van der Waals surface area contributed by atoms with Gasteiger partial charge in [0.05, 0.1) is 18.1 Å². The molecule has 3 amide bonds. The first-order valence-corrected chi connectivity index (χ1v) is 16.1. The second-order valence-corrected chi connectivity index (χ2v) is 12.5. The van der Waals surface area contributed by atoms with Crippen LogP contribution in [0.1, 0.15) is 38.2 Å². The molecule has 9 nitrogen and oxygen atoms in total. The SMILES string of the molecule is CCCC(C=CS(=O)(=O)c1ccccc1)NC(=O)C(Cc1ccccc1)NC(=O)N1CCC(N2CCOCC2)CC1. The van der Waals surface area contributed by atoms with Crippen LogP contribution in [0.4, 0.5) is 4.79 Å². The number of sulfone groups is 1. The van der Waals surface area contributed by atoms with Crippen molar-refractivity contribution in [2.45, 2.75) is 62.0 Å². The number of ether oxygens (including phenoxy) is 1. The average molecular weight is 583 g/mol. The molecule has 2 aliphatic heterocycles. The lowest BCUT2D eigenvalue weighted by Gasteiger charge is -2.40. The first kappa shape index (κ1) is 30.7. The molecule has 2 atom stereocenters. The molecular formula is C31H42N4O5S. The Morgan fingerprint density at radius 1 is 0.951 bits per heavy atom.